The molecular weight excluding hydrogens is 232 g/mol. The van der Waals surface area contributed by atoms with Crippen molar-refractivity contribution in [3.8, 4) is 6.07 Å². The van der Waals surface area contributed by atoms with Crippen molar-refractivity contribution in [1.82, 2.24) is 9.97 Å². The van der Waals surface area contributed by atoms with E-state index in [1.807, 2.05) is 19.9 Å². The van der Waals surface area contributed by atoms with Gasteiger partial charge in [-0.15, -0.1) is 0 Å². The molecule has 0 aliphatic rings. The molecule has 6 heteroatoms. The molecule has 0 saturated heterocycles. The van der Waals surface area contributed by atoms with Crippen LogP contribution in [0.25, 0.3) is 0 Å². The van der Waals surface area contributed by atoms with E-state index in [4.69, 9.17) is 10.00 Å². The van der Waals surface area contributed by atoms with Gasteiger partial charge in [-0.1, -0.05) is 13.8 Å². The number of methoxy groups -OCH3 is 1. The monoisotopic (exact) mass is 248 g/mol. The predicted octanol–water partition coefficient (Wildman–Crippen LogP) is 1.35. The van der Waals surface area contributed by atoms with Crippen molar-refractivity contribution in [2.45, 2.75) is 26.3 Å². The lowest BCUT2D eigenvalue weighted by atomic mass is 10.0. The maximum Gasteiger partial charge on any atom is 0.328 e. The Kier molecular flexibility index (Phi) is 5.06. The molecule has 0 aliphatic heterocycles. The maximum atomic E-state index is 11.6. The average Bonchev–Trinajstić information content (AvgIpc) is 2.36. The number of hydrogen-bond donors (Lipinski definition) is 1. The molecule has 0 bridgehead atoms. The molecule has 1 heterocycles. The van der Waals surface area contributed by atoms with Gasteiger partial charge in [-0.05, 0) is 18.4 Å². The molecule has 0 radical (unpaired) electrons. The van der Waals surface area contributed by atoms with Crippen LogP contribution >= 0.6 is 0 Å². The molecule has 0 saturated carbocycles. The first-order valence-corrected chi connectivity index (χ1v) is 5.64. The minimum absolute atomic E-state index is 0.251. The summed E-state index contributed by atoms with van der Waals surface area (Å²) in [5.74, 6) is 0.209. The van der Waals surface area contributed by atoms with Crippen LogP contribution in [0.3, 0.4) is 0 Å². The molecule has 6 nitrogen and oxygen atoms in total. The summed E-state index contributed by atoms with van der Waals surface area (Å²) in [6.07, 6.45) is 2.07. The first kappa shape index (κ1) is 13.9. The molecule has 1 rings (SSSR count). The fourth-order valence-corrected chi connectivity index (χ4v) is 1.47. The van der Waals surface area contributed by atoms with Crippen LogP contribution < -0.4 is 5.32 Å². The molecule has 1 unspecified atom stereocenters. The Morgan fingerprint density at radius 1 is 1.61 bits per heavy atom. The molecule has 96 valence electrons. The second-order valence-corrected chi connectivity index (χ2v) is 4.23. The number of nitrogens with zero attached hydrogens (tertiary/aromatic N) is 3. The topological polar surface area (TPSA) is 87.9 Å². The molecule has 1 atom stereocenters. The van der Waals surface area contributed by atoms with Gasteiger partial charge in [0.05, 0.1) is 7.11 Å². The molecule has 1 N–H and O–H groups in total. The van der Waals surface area contributed by atoms with E-state index in [1.54, 1.807) is 0 Å². The zero-order valence-corrected chi connectivity index (χ0v) is 10.7. The Hall–Kier alpha value is -2.16. The first-order valence-electron chi connectivity index (χ1n) is 5.64. The van der Waals surface area contributed by atoms with Crippen LogP contribution in [0.15, 0.2) is 12.3 Å². The zero-order chi connectivity index (χ0) is 13.5. The summed E-state index contributed by atoms with van der Waals surface area (Å²) in [4.78, 5) is 19.5. The lowest BCUT2D eigenvalue weighted by Gasteiger charge is -2.17. The number of hydrogen-bond acceptors (Lipinski definition) is 6. The Morgan fingerprint density at radius 3 is 2.89 bits per heavy atom. The van der Waals surface area contributed by atoms with E-state index < -0.39 is 6.04 Å². The molecule has 0 aliphatic carbocycles. The third kappa shape index (κ3) is 4.01. The van der Waals surface area contributed by atoms with Gasteiger partial charge in [-0.2, -0.15) is 5.26 Å². The van der Waals surface area contributed by atoms with E-state index in [2.05, 4.69) is 15.3 Å². The molecule has 1 aromatic heterocycles. The smallest absolute Gasteiger partial charge is 0.328 e. The number of nitrogens with one attached hydrogen (secondary N) is 1. The fourth-order valence-electron chi connectivity index (χ4n) is 1.47. The van der Waals surface area contributed by atoms with Crippen LogP contribution in [0.1, 0.15) is 26.0 Å². The summed E-state index contributed by atoms with van der Waals surface area (Å²) in [5, 5.41) is 11.6. The third-order valence-electron chi connectivity index (χ3n) is 2.27. The van der Waals surface area contributed by atoms with Gasteiger partial charge in [-0.3, -0.25) is 0 Å². The number of carbonyl (C=O) groups excluding carboxylic acids is 1. The Morgan fingerprint density at radius 2 is 2.33 bits per heavy atom. The summed E-state index contributed by atoms with van der Waals surface area (Å²) in [5.41, 5.74) is 0.251. The highest BCUT2D eigenvalue weighted by Crippen LogP contribution is 2.11. The molecule has 0 amide bonds. The number of ether oxygens (including phenoxy) is 1. The van der Waals surface area contributed by atoms with Crippen molar-refractivity contribution in [2.24, 2.45) is 5.92 Å². The lowest BCUT2D eigenvalue weighted by Crippen LogP contribution is -2.32. The number of aromatic nitrogens is 2. The summed E-state index contributed by atoms with van der Waals surface area (Å²) in [7, 11) is 1.34. The van der Waals surface area contributed by atoms with Gasteiger partial charge in [0.25, 0.3) is 0 Å². The molecular formula is C12H16N4O2. The van der Waals surface area contributed by atoms with Crippen LogP contribution in [-0.2, 0) is 9.53 Å². The Bertz CT molecular complexity index is 454. The molecule has 18 heavy (non-hydrogen) atoms. The van der Waals surface area contributed by atoms with E-state index in [1.165, 1.54) is 19.4 Å². The van der Waals surface area contributed by atoms with E-state index in [0.717, 1.165) is 0 Å². The van der Waals surface area contributed by atoms with E-state index in [-0.39, 0.29) is 17.6 Å². The first-order chi connectivity index (χ1) is 8.56. The van der Waals surface area contributed by atoms with Gasteiger partial charge in [0.1, 0.15) is 17.8 Å². The SMILES string of the molecule is COC(=O)C(CC(C)C)Nc1nccc(C#N)n1. The zero-order valence-electron chi connectivity index (χ0n) is 10.7. The van der Waals surface area contributed by atoms with Gasteiger partial charge in [0, 0.05) is 6.20 Å². The lowest BCUT2D eigenvalue weighted by molar-refractivity contribution is -0.141. The number of esters is 1. The molecule has 0 spiro atoms. The van der Waals surface area contributed by atoms with Gasteiger partial charge in [0.2, 0.25) is 5.95 Å². The van der Waals surface area contributed by atoms with E-state index >= 15 is 0 Å². The molecule has 1 aromatic rings. The number of carbonyl (C=O) groups is 1. The van der Waals surface area contributed by atoms with Crippen molar-refractivity contribution in [1.29, 1.82) is 5.26 Å². The quantitative estimate of drug-likeness (QED) is 0.791. The second-order valence-electron chi connectivity index (χ2n) is 4.23. The van der Waals surface area contributed by atoms with Crippen molar-refractivity contribution >= 4 is 11.9 Å². The minimum Gasteiger partial charge on any atom is -0.467 e. The van der Waals surface area contributed by atoms with Crippen molar-refractivity contribution < 1.29 is 9.53 Å². The van der Waals surface area contributed by atoms with Crippen LogP contribution in [0, 0.1) is 17.2 Å². The Balaban J connectivity index is 2.82. The highest BCUT2D eigenvalue weighted by molar-refractivity contribution is 5.78. The summed E-state index contributed by atoms with van der Waals surface area (Å²) in [6.45, 7) is 4.01. The standard InChI is InChI=1S/C12H16N4O2/c1-8(2)6-10(11(17)18-3)16-12-14-5-4-9(7-13)15-12/h4-5,8,10H,6H2,1-3H3,(H,14,15,16). The van der Waals surface area contributed by atoms with Crippen molar-refractivity contribution in [3.63, 3.8) is 0 Å². The van der Waals surface area contributed by atoms with Crippen LogP contribution in [0.5, 0.6) is 0 Å². The minimum atomic E-state index is -0.510. The summed E-state index contributed by atoms with van der Waals surface area (Å²) < 4.78 is 4.72. The molecule has 0 fully saturated rings. The van der Waals surface area contributed by atoms with Gasteiger partial charge in [0.15, 0.2) is 0 Å². The maximum absolute atomic E-state index is 11.6. The highest BCUT2D eigenvalue weighted by Gasteiger charge is 2.21. The normalized spacial score (nSPS) is 11.7. The van der Waals surface area contributed by atoms with Crippen LogP contribution in [0.4, 0.5) is 5.95 Å². The highest BCUT2D eigenvalue weighted by atomic mass is 16.5. The van der Waals surface area contributed by atoms with E-state index in [9.17, 15) is 4.79 Å². The van der Waals surface area contributed by atoms with Crippen molar-refractivity contribution in [2.75, 3.05) is 12.4 Å². The molecule has 0 aromatic carbocycles. The van der Waals surface area contributed by atoms with Gasteiger partial charge >= 0.3 is 5.97 Å². The van der Waals surface area contributed by atoms with Crippen LogP contribution in [0.2, 0.25) is 0 Å². The van der Waals surface area contributed by atoms with Gasteiger partial charge < -0.3 is 10.1 Å². The van der Waals surface area contributed by atoms with Gasteiger partial charge in [-0.25, -0.2) is 14.8 Å². The average molecular weight is 248 g/mol. The number of nitriles is 1. The Labute approximate surface area is 106 Å². The number of rotatable bonds is 5. The van der Waals surface area contributed by atoms with Crippen molar-refractivity contribution in [3.05, 3.63) is 18.0 Å². The summed E-state index contributed by atoms with van der Waals surface area (Å²) in [6, 6.07) is 2.91. The van der Waals surface area contributed by atoms with Crippen LogP contribution in [-0.4, -0.2) is 29.1 Å². The fraction of sp³-hybridized carbons (Fsp3) is 0.500. The van der Waals surface area contributed by atoms with E-state index in [0.29, 0.717) is 12.3 Å². The predicted molar refractivity (Wildman–Crippen MR) is 65.6 cm³/mol. The largest absolute Gasteiger partial charge is 0.467 e. The second kappa shape index (κ2) is 6.55. The number of anilines is 1. The third-order valence-corrected chi connectivity index (χ3v) is 2.27. The summed E-state index contributed by atoms with van der Waals surface area (Å²) >= 11 is 0.